The Labute approximate surface area is 154 Å². The molecule has 0 spiro atoms. The molecule has 27 heavy (non-hydrogen) atoms. The van der Waals surface area contributed by atoms with Crippen LogP contribution in [0.2, 0.25) is 0 Å². The van der Waals surface area contributed by atoms with Crippen LogP contribution in [0.1, 0.15) is 6.42 Å². The minimum atomic E-state index is -4.76. The first-order chi connectivity index (χ1) is 12.8. The number of nitrogens with zero attached hydrogens (tertiary/aromatic N) is 5. The number of ether oxygens (including phenoxy) is 1. The van der Waals surface area contributed by atoms with Crippen LogP contribution in [0.4, 0.5) is 18.0 Å². The SMILES string of the molecule is O=C1CNC(=O)N1CCCSc1nnnn1-c1ccc(OC(F)(F)F)cc1. The Morgan fingerprint density at radius 3 is 2.59 bits per heavy atom. The molecule has 1 aromatic carbocycles. The smallest absolute Gasteiger partial charge is 0.406 e. The van der Waals surface area contributed by atoms with Gasteiger partial charge in [0.2, 0.25) is 11.1 Å². The van der Waals surface area contributed by atoms with Gasteiger partial charge in [0, 0.05) is 12.3 Å². The molecule has 2 heterocycles. The summed E-state index contributed by atoms with van der Waals surface area (Å²) in [4.78, 5) is 24.1. The summed E-state index contributed by atoms with van der Waals surface area (Å²) in [7, 11) is 0. The highest BCUT2D eigenvalue weighted by Gasteiger charge is 2.31. The minimum absolute atomic E-state index is 0.0122. The molecule has 1 saturated heterocycles. The zero-order chi connectivity index (χ0) is 19.4. The zero-order valence-electron chi connectivity index (χ0n) is 13.6. The van der Waals surface area contributed by atoms with E-state index in [1.165, 1.54) is 28.6 Å². The Morgan fingerprint density at radius 1 is 1.22 bits per heavy atom. The monoisotopic (exact) mass is 402 g/mol. The van der Waals surface area contributed by atoms with Gasteiger partial charge in [-0.3, -0.25) is 9.69 Å². The number of alkyl halides is 3. The Hall–Kier alpha value is -2.83. The van der Waals surface area contributed by atoms with Gasteiger partial charge in [0.15, 0.2) is 0 Å². The molecule has 144 valence electrons. The maximum absolute atomic E-state index is 12.2. The van der Waals surface area contributed by atoms with Crippen LogP contribution in [0.5, 0.6) is 5.75 Å². The van der Waals surface area contributed by atoms with E-state index in [1.807, 2.05) is 0 Å². The lowest BCUT2D eigenvalue weighted by atomic mass is 10.3. The quantitative estimate of drug-likeness (QED) is 0.426. The van der Waals surface area contributed by atoms with E-state index in [0.29, 0.717) is 23.0 Å². The predicted octanol–water partition coefficient (Wildman–Crippen LogP) is 1.59. The first kappa shape index (κ1) is 18.9. The van der Waals surface area contributed by atoms with Crippen LogP contribution in [0.3, 0.4) is 0 Å². The highest BCUT2D eigenvalue weighted by Crippen LogP contribution is 2.25. The lowest BCUT2D eigenvalue weighted by Gasteiger charge is -2.11. The predicted molar refractivity (Wildman–Crippen MR) is 86.3 cm³/mol. The molecule has 0 bridgehead atoms. The van der Waals surface area contributed by atoms with E-state index in [2.05, 4.69) is 25.6 Å². The molecule has 0 atom stereocenters. The van der Waals surface area contributed by atoms with Crippen LogP contribution in [-0.4, -0.2) is 62.3 Å². The van der Waals surface area contributed by atoms with Crippen molar-refractivity contribution in [2.24, 2.45) is 0 Å². The fourth-order valence-electron chi connectivity index (χ4n) is 2.29. The van der Waals surface area contributed by atoms with Gasteiger partial charge in [-0.05, 0) is 41.1 Å². The van der Waals surface area contributed by atoms with Gasteiger partial charge in [0.05, 0.1) is 12.2 Å². The van der Waals surface area contributed by atoms with Crippen molar-refractivity contribution in [1.29, 1.82) is 0 Å². The number of thioether (sulfide) groups is 1. The molecule has 1 fully saturated rings. The van der Waals surface area contributed by atoms with Crippen molar-refractivity contribution in [3.8, 4) is 11.4 Å². The first-order valence-corrected chi connectivity index (χ1v) is 8.67. The number of nitrogens with one attached hydrogen (secondary N) is 1. The molecule has 3 amide bonds. The van der Waals surface area contributed by atoms with Crippen LogP contribution in [-0.2, 0) is 4.79 Å². The van der Waals surface area contributed by atoms with Crippen LogP contribution in [0.15, 0.2) is 29.4 Å². The second-order valence-corrected chi connectivity index (χ2v) is 6.38. The second kappa shape index (κ2) is 7.82. The average molecular weight is 402 g/mol. The van der Waals surface area contributed by atoms with E-state index in [1.54, 1.807) is 0 Å². The third-order valence-electron chi connectivity index (χ3n) is 3.45. The summed E-state index contributed by atoms with van der Waals surface area (Å²) in [5.41, 5.74) is 0.464. The molecule has 0 aliphatic carbocycles. The maximum atomic E-state index is 12.2. The van der Waals surface area contributed by atoms with Crippen LogP contribution in [0, 0.1) is 0 Å². The molecule has 0 radical (unpaired) electrons. The Balaban J connectivity index is 1.56. The summed E-state index contributed by atoms with van der Waals surface area (Å²) in [5.74, 6) is -0.0785. The van der Waals surface area contributed by atoms with Gasteiger partial charge in [-0.15, -0.1) is 18.3 Å². The van der Waals surface area contributed by atoms with Gasteiger partial charge >= 0.3 is 12.4 Å². The van der Waals surface area contributed by atoms with Crippen molar-refractivity contribution >= 4 is 23.7 Å². The molecule has 3 rings (SSSR count). The van der Waals surface area contributed by atoms with E-state index >= 15 is 0 Å². The van der Waals surface area contributed by atoms with Gasteiger partial charge in [-0.2, -0.15) is 4.68 Å². The van der Waals surface area contributed by atoms with Crippen LogP contribution < -0.4 is 10.1 Å². The highest BCUT2D eigenvalue weighted by molar-refractivity contribution is 7.99. The molecular weight excluding hydrogens is 389 g/mol. The number of aromatic nitrogens is 4. The molecule has 1 aliphatic heterocycles. The van der Waals surface area contributed by atoms with E-state index in [4.69, 9.17) is 0 Å². The van der Waals surface area contributed by atoms with Crippen molar-refractivity contribution < 1.29 is 27.5 Å². The summed E-state index contributed by atoms with van der Waals surface area (Å²) in [5, 5.41) is 14.1. The molecule has 2 aromatic rings. The fraction of sp³-hybridized carbons (Fsp3) is 0.357. The molecule has 13 heteroatoms. The summed E-state index contributed by atoms with van der Waals surface area (Å²) in [6.45, 7) is 0.293. The zero-order valence-corrected chi connectivity index (χ0v) is 14.5. The number of hydrogen-bond donors (Lipinski definition) is 1. The van der Waals surface area contributed by atoms with Crippen molar-refractivity contribution in [2.75, 3.05) is 18.8 Å². The Kier molecular flexibility index (Phi) is 5.48. The van der Waals surface area contributed by atoms with Crippen molar-refractivity contribution in [1.82, 2.24) is 30.4 Å². The first-order valence-electron chi connectivity index (χ1n) is 7.69. The molecule has 1 N–H and O–H groups in total. The summed E-state index contributed by atoms with van der Waals surface area (Å²) in [6.07, 6.45) is -4.22. The average Bonchev–Trinajstić information content (AvgIpc) is 3.19. The number of imide groups is 1. The second-order valence-electron chi connectivity index (χ2n) is 5.32. The van der Waals surface area contributed by atoms with Crippen molar-refractivity contribution in [3.05, 3.63) is 24.3 Å². The maximum Gasteiger partial charge on any atom is 0.573 e. The molecule has 0 saturated carbocycles. The van der Waals surface area contributed by atoms with Crippen LogP contribution >= 0.6 is 11.8 Å². The fourth-order valence-corrected chi connectivity index (χ4v) is 3.10. The van der Waals surface area contributed by atoms with E-state index in [0.717, 1.165) is 17.0 Å². The summed E-state index contributed by atoms with van der Waals surface area (Å²) < 4.78 is 41.8. The largest absolute Gasteiger partial charge is 0.573 e. The third kappa shape index (κ3) is 4.87. The lowest BCUT2D eigenvalue weighted by molar-refractivity contribution is -0.274. The number of halogens is 3. The van der Waals surface area contributed by atoms with E-state index in [-0.39, 0.29) is 24.7 Å². The number of benzene rings is 1. The molecular formula is C14H13F3N6O3S. The number of rotatable bonds is 7. The van der Waals surface area contributed by atoms with Gasteiger partial charge in [0.25, 0.3) is 0 Å². The van der Waals surface area contributed by atoms with Crippen molar-refractivity contribution in [3.63, 3.8) is 0 Å². The normalized spacial score (nSPS) is 14.6. The van der Waals surface area contributed by atoms with Gasteiger partial charge in [-0.25, -0.2) is 4.79 Å². The molecule has 1 aromatic heterocycles. The number of hydrogen-bond acceptors (Lipinski definition) is 7. The Bertz CT molecular complexity index is 810. The standard InChI is InChI=1S/C14H13F3N6O3S/c15-14(16,17)26-10-4-2-9(3-5-10)23-13(19-20-21-23)27-7-1-6-22-11(24)8-18-12(22)25/h2-5H,1,6-8H2,(H,18,25). The molecule has 1 aliphatic rings. The number of tetrazole rings is 1. The molecule has 9 nitrogen and oxygen atoms in total. The van der Waals surface area contributed by atoms with Crippen molar-refractivity contribution in [2.45, 2.75) is 17.9 Å². The minimum Gasteiger partial charge on any atom is -0.406 e. The summed E-state index contributed by atoms with van der Waals surface area (Å²) in [6, 6.07) is 4.72. The van der Waals surface area contributed by atoms with Crippen LogP contribution in [0.25, 0.3) is 5.69 Å². The highest BCUT2D eigenvalue weighted by atomic mass is 32.2. The number of carbonyl (C=O) groups excluding carboxylic acids is 2. The third-order valence-corrected chi connectivity index (χ3v) is 4.46. The summed E-state index contributed by atoms with van der Waals surface area (Å²) >= 11 is 1.29. The van der Waals surface area contributed by atoms with Gasteiger partial charge in [-0.1, -0.05) is 11.8 Å². The number of carbonyl (C=O) groups is 2. The van der Waals surface area contributed by atoms with Gasteiger partial charge in [0.1, 0.15) is 5.75 Å². The Morgan fingerprint density at radius 2 is 1.96 bits per heavy atom. The lowest BCUT2D eigenvalue weighted by Crippen LogP contribution is -2.32. The van der Waals surface area contributed by atoms with E-state index in [9.17, 15) is 22.8 Å². The topological polar surface area (TPSA) is 102 Å². The van der Waals surface area contributed by atoms with Gasteiger partial charge < -0.3 is 10.1 Å². The number of urea groups is 1. The number of amides is 3. The van der Waals surface area contributed by atoms with E-state index < -0.39 is 12.4 Å². The molecule has 0 unspecified atom stereocenters.